The van der Waals surface area contributed by atoms with Crippen LogP contribution in [0.25, 0.3) is 0 Å². The molecule has 1 aliphatic heterocycles. The summed E-state index contributed by atoms with van der Waals surface area (Å²) in [7, 11) is 1.13. The minimum absolute atomic E-state index is 0.0168. The quantitative estimate of drug-likeness (QED) is 0.535. The van der Waals surface area contributed by atoms with E-state index in [0.29, 0.717) is 5.06 Å². The van der Waals surface area contributed by atoms with Gasteiger partial charge in [-0.25, -0.2) is 14.4 Å². The van der Waals surface area contributed by atoms with Gasteiger partial charge < -0.3 is 19.6 Å². The number of carbonyl (C=O) groups is 5. The van der Waals surface area contributed by atoms with Crippen LogP contribution in [0.2, 0.25) is 0 Å². The van der Waals surface area contributed by atoms with Crippen LogP contribution in [0, 0.1) is 0 Å². The number of esters is 1. The summed E-state index contributed by atoms with van der Waals surface area (Å²) in [5.74, 6) is -2.86. The van der Waals surface area contributed by atoms with E-state index in [9.17, 15) is 24.0 Å². The number of nitrogens with one attached hydrogen (secondary N) is 1. The molecule has 1 aliphatic rings. The van der Waals surface area contributed by atoms with E-state index in [4.69, 9.17) is 4.74 Å². The number of methoxy groups -OCH3 is 1. The van der Waals surface area contributed by atoms with E-state index in [1.165, 1.54) is 0 Å². The number of hydrogen-bond donors (Lipinski definition) is 1. The Labute approximate surface area is 144 Å². The standard InChI is InChI=1S/C15H22N2O8/c1-15(2,3)24-14(22)16-9(13(21)23-4)5-8-12(20)25-17-10(18)6-7-11(17)19/h9H,5-8H2,1-4H3,(H,16,22). The number of carbonyl (C=O) groups excluding carboxylic acids is 5. The predicted octanol–water partition coefficient (Wildman–Crippen LogP) is 0.440. The van der Waals surface area contributed by atoms with Gasteiger partial charge in [-0.2, -0.15) is 0 Å². The van der Waals surface area contributed by atoms with Crippen LogP contribution in [-0.2, 0) is 33.5 Å². The molecule has 0 aromatic rings. The van der Waals surface area contributed by atoms with Crippen molar-refractivity contribution >= 4 is 29.8 Å². The second-order valence-electron chi connectivity index (χ2n) is 6.31. The Morgan fingerprint density at radius 2 is 1.72 bits per heavy atom. The van der Waals surface area contributed by atoms with Crippen molar-refractivity contribution in [2.45, 2.75) is 58.1 Å². The third-order valence-corrected chi connectivity index (χ3v) is 3.01. The van der Waals surface area contributed by atoms with Gasteiger partial charge in [0.25, 0.3) is 11.8 Å². The summed E-state index contributed by atoms with van der Waals surface area (Å²) in [5, 5.41) is 2.71. The normalized spacial score (nSPS) is 15.6. The van der Waals surface area contributed by atoms with Gasteiger partial charge in [0.15, 0.2) is 0 Å². The Morgan fingerprint density at radius 3 is 2.20 bits per heavy atom. The Morgan fingerprint density at radius 1 is 1.16 bits per heavy atom. The lowest BCUT2D eigenvalue weighted by Gasteiger charge is -2.22. The molecule has 1 unspecified atom stereocenters. The summed E-state index contributed by atoms with van der Waals surface area (Å²) in [6, 6.07) is -1.14. The number of rotatable bonds is 6. The first kappa shape index (κ1) is 20.4. The highest BCUT2D eigenvalue weighted by atomic mass is 16.7. The summed E-state index contributed by atoms with van der Waals surface area (Å²) in [6.45, 7) is 4.96. The monoisotopic (exact) mass is 358 g/mol. The average molecular weight is 358 g/mol. The third kappa shape index (κ3) is 6.77. The van der Waals surface area contributed by atoms with Crippen molar-refractivity contribution in [3.8, 4) is 0 Å². The van der Waals surface area contributed by atoms with Gasteiger partial charge in [-0.3, -0.25) is 9.59 Å². The van der Waals surface area contributed by atoms with Crippen LogP contribution in [0.3, 0.4) is 0 Å². The highest BCUT2D eigenvalue weighted by Gasteiger charge is 2.33. The third-order valence-electron chi connectivity index (χ3n) is 3.01. The fraction of sp³-hybridized carbons (Fsp3) is 0.667. The lowest BCUT2D eigenvalue weighted by atomic mass is 10.1. The molecule has 0 radical (unpaired) electrons. The molecule has 0 saturated carbocycles. The van der Waals surface area contributed by atoms with Crippen molar-refractivity contribution < 1.29 is 38.3 Å². The minimum Gasteiger partial charge on any atom is -0.467 e. The number of alkyl carbamates (subject to hydrolysis) is 1. The van der Waals surface area contributed by atoms with E-state index in [2.05, 4.69) is 14.9 Å². The largest absolute Gasteiger partial charge is 0.467 e. The summed E-state index contributed by atoms with van der Waals surface area (Å²) in [6.07, 6.45) is -1.36. The fourth-order valence-corrected chi connectivity index (χ4v) is 1.91. The van der Waals surface area contributed by atoms with Crippen LogP contribution in [-0.4, -0.2) is 53.7 Å². The molecule has 1 heterocycles. The Balaban J connectivity index is 2.56. The zero-order valence-electron chi connectivity index (χ0n) is 14.6. The molecule has 140 valence electrons. The summed E-state index contributed by atoms with van der Waals surface area (Å²) < 4.78 is 9.60. The molecule has 3 amide bonds. The minimum atomic E-state index is -1.14. The van der Waals surface area contributed by atoms with Crippen molar-refractivity contribution in [1.29, 1.82) is 0 Å². The Hall–Kier alpha value is -2.65. The van der Waals surface area contributed by atoms with Crippen molar-refractivity contribution in [3.63, 3.8) is 0 Å². The molecule has 1 saturated heterocycles. The lowest BCUT2D eigenvalue weighted by molar-refractivity contribution is -0.197. The molecule has 1 fully saturated rings. The molecule has 0 aliphatic carbocycles. The summed E-state index contributed by atoms with van der Waals surface area (Å²) >= 11 is 0. The molecular formula is C15H22N2O8. The molecule has 25 heavy (non-hydrogen) atoms. The second kappa shape index (κ2) is 8.45. The fourth-order valence-electron chi connectivity index (χ4n) is 1.91. The maximum Gasteiger partial charge on any atom is 0.408 e. The molecule has 0 aromatic heterocycles. The van der Waals surface area contributed by atoms with Crippen LogP contribution < -0.4 is 5.32 Å². The van der Waals surface area contributed by atoms with E-state index in [0.717, 1.165) is 7.11 Å². The maximum absolute atomic E-state index is 11.8. The van der Waals surface area contributed by atoms with Crippen LogP contribution in [0.4, 0.5) is 4.79 Å². The zero-order valence-corrected chi connectivity index (χ0v) is 14.6. The number of amides is 3. The van der Waals surface area contributed by atoms with Gasteiger partial charge >= 0.3 is 18.0 Å². The van der Waals surface area contributed by atoms with Gasteiger partial charge in [-0.05, 0) is 27.2 Å². The number of hydrogen-bond acceptors (Lipinski definition) is 8. The first-order valence-electron chi connectivity index (χ1n) is 7.67. The SMILES string of the molecule is COC(=O)C(CCC(=O)ON1C(=O)CCC1=O)NC(=O)OC(C)(C)C. The summed E-state index contributed by atoms with van der Waals surface area (Å²) in [5.41, 5.74) is -0.764. The number of hydroxylamine groups is 2. The van der Waals surface area contributed by atoms with Gasteiger partial charge in [0, 0.05) is 12.8 Å². The topological polar surface area (TPSA) is 128 Å². The van der Waals surface area contributed by atoms with Gasteiger partial charge in [-0.1, -0.05) is 0 Å². The van der Waals surface area contributed by atoms with E-state index >= 15 is 0 Å². The molecule has 0 aromatic carbocycles. The van der Waals surface area contributed by atoms with Gasteiger partial charge in [-0.15, -0.1) is 5.06 Å². The molecule has 1 rings (SSSR count). The van der Waals surface area contributed by atoms with E-state index in [1.807, 2.05) is 0 Å². The van der Waals surface area contributed by atoms with Crippen LogP contribution in [0.5, 0.6) is 0 Å². The smallest absolute Gasteiger partial charge is 0.408 e. The first-order valence-corrected chi connectivity index (χ1v) is 7.67. The molecule has 1 N–H and O–H groups in total. The molecule has 0 bridgehead atoms. The second-order valence-corrected chi connectivity index (χ2v) is 6.31. The first-order chi connectivity index (χ1) is 11.5. The molecular weight excluding hydrogens is 336 g/mol. The van der Waals surface area contributed by atoms with Gasteiger partial charge in [0.05, 0.1) is 13.5 Å². The zero-order chi connectivity index (χ0) is 19.2. The Kier molecular flexibility index (Phi) is 6.89. The lowest BCUT2D eigenvalue weighted by Crippen LogP contribution is -2.44. The molecule has 0 spiro atoms. The number of nitrogens with zero attached hydrogens (tertiary/aromatic N) is 1. The highest BCUT2D eigenvalue weighted by Crippen LogP contribution is 2.14. The predicted molar refractivity (Wildman–Crippen MR) is 81.6 cm³/mol. The Bertz CT molecular complexity index is 550. The highest BCUT2D eigenvalue weighted by molar-refractivity contribution is 6.01. The van der Waals surface area contributed by atoms with E-state index in [-0.39, 0.29) is 25.7 Å². The van der Waals surface area contributed by atoms with Crippen LogP contribution in [0.15, 0.2) is 0 Å². The van der Waals surface area contributed by atoms with E-state index < -0.39 is 41.5 Å². The molecule has 1 atom stereocenters. The number of imide groups is 1. The van der Waals surface area contributed by atoms with Crippen molar-refractivity contribution in [3.05, 3.63) is 0 Å². The maximum atomic E-state index is 11.8. The van der Waals surface area contributed by atoms with E-state index in [1.54, 1.807) is 20.8 Å². The van der Waals surface area contributed by atoms with Crippen molar-refractivity contribution in [2.24, 2.45) is 0 Å². The van der Waals surface area contributed by atoms with Crippen molar-refractivity contribution in [2.75, 3.05) is 7.11 Å². The van der Waals surface area contributed by atoms with Crippen molar-refractivity contribution in [1.82, 2.24) is 10.4 Å². The van der Waals surface area contributed by atoms with Gasteiger partial charge in [0.2, 0.25) is 0 Å². The van der Waals surface area contributed by atoms with Crippen LogP contribution in [0.1, 0.15) is 46.5 Å². The average Bonchev–Trinajstić information content (AvgIpc) is 2.80. The molecule has 10 nitrogen and oxygen atoms in total. The molecule has 10 heteroatoms. The summed E-state index contributed by atoms with van der Waals surface area (Å²) in [4.78, 5) is 62.6. The number of ether oxygens (including phenoxy) is 2. The van der Waals surface area contributed by atoms with Crippen LogP contribution >= 0.6 is 0 Å². The van der Waals surface area contributed by atoms with Gasteiger partial charge in [0.1, 0.15) is 11.6 Å².